The molecule has 0 bridgehead atoms. The molecular weight excluding hydrogens is 1860 g/mol. The number of carbonyl (C=O) groups is 12. The number of benzene rings is 13. The van der Waals surface area contributed by atoms with E-state index >= 15 is 0 Å². The summed E-state index contributed by atoms with van der Waals surface area (Å²) in [5, 5.41) is 52.8. The Kier molecular flexibility index (Phi) is 40.0. The van der Waals surface area contributed by atoms with Crippen LogP contribution in [0.1, 0.15) is 172 Å². The second-order valence-electron chi connectivity index (χ2n) is 34.5. The van der Waals surface area contributed by atoms with E-state index in [0.29, 0.717) is 90.8 Å². The summed E-state index contributed by atoms with van der Waals surface area (Å²) in [4.78, 5) is 154. The predicted molar refractivity (Wildman–Crippen MR) is 554 cm³/mol. The highest BCUT2D eigenvalue weighted by Crippen LogP contribution is 2.29. The number of nitriles is 1. The lowest BCUT2D eigenvalue weighted by atomic mass is 9.95. The van der Waals surface area contributed by atoms with Gasteiger partial charge < -0.3 is 85.0 Å². The Balaban J connectivity index is 0.000000195. The van der Waals surface area contributed by atoms with E-state index in [1.807, 2.05) is 60.7 Å². The van der Waals surface area contributed by atoms with Crippen molar-refractivity contribution in [3.8, 4) is 51.7 Å². The van der Waals surface area contributed by atoms with Crippen molar-refractivity contribution < 1.29 is 101 Å². The molecule has 0 saturated heterocycles. The summed E-state index contributed by atoms with van der Waals surface area (Å²) in [5.41, 5.74) is 12.2. The van der Waals surface area contributed by atoms with Crippen LogP contribution in [-0.2, 0) is 67.7 Å². The lowest BCUT2D eigenvalue weighted by molar-refractivity contribution is -0.138. The van der Waals surface area contributed by atoms with Crippen molar-refractivity contribution in [3.05, 3.63) is 388 Å². The van der Waals surface area contributed by atoms with E-state index in [9.17, 15) is 72.9 Å². The van der Waals surface area contributed by atoms with Crippen molar-refractivity contribution in [1.29, 1.82) is 5.26 Å². The maximum absolute atomic E-state index is 13.3. The van der Waals surface area contributed by atoms with Gasteiger partial charge in [-0.1, -0.05) is 149 Å². The molecule has 0 radical (unpaired) electrons. The third-order valence-electron chi connectivity index (χ3n) is 23.5. The number of carboxylic acids is 3. The first kappa shape index (κ1) is 107. The molecule has 0 atom stereocenters. The Morgan fingerprint density at radius 1 is 0.315 bits per heavy atom. The molecule has 0 heterocycles. The van der Waals surface area contributed by atoms with Gasteiger partial charge in [-0.05, 0) is 282 Å². The minimum Gasteiger partial charge on any atom is -0.497 e. The maximum atomic E-state index is 13.3. The van der Waals surface area contributed by atoms with Crippen LogP contribution in [0.25, 0.3) is 11.1 Å². The highest BCUT2D eigenvalue weighted by molar-refractivity contribution is 6.01. The molecule has 0 spiro atoms. The van der Waals surface area contributed by atoms with Crippen molar-refractivity contribution in [2.24, 2.45) is 0 Å². The number of carbonyl (C=O) groups excluding carboxylic acids is 9. The van der Waals surface area contributed by atoms with Crippen molar-refractivity contribution in [1.82, 2.24) is 14.7 Å². The first-order chi connectivity index (χ1) is 70.7. The molecular formula is C116H113N9O21. The number of unbranched alkanes of at least 4 members (excludes halogenated alkanes) is 4. The lowest BCUT2D eigenvalue weighted by Gasteiger charge is -2.23. The number of hydrogen-bond donors (Lipinski definition) is 8. The van der Waals surface area contributed by atoms with Gasteiger partial charge >= 0.3 is 35.8 Å². The molecule has 146 heavy (non-hydrogen) atoms. The SMILES string of the molecule is CCCCCCCNc1ccc(C(=O)Oc2ccc(CN(CC(=O)O)C(=O)c3ccc(NC(=O)Cc4ccc(OC)cc4)cc3)cc2)cc1.COc1ccc(CC(=O)Nc2ccc(C(=O)N(CC(=O)O)Cc3ccc(OC(=O)c4ccc(-c5ccc(C#N)cc5)cc4)cc3)cc2)cc1.COc1ccc(CC(=O)Nc2ccc(C(=O)N(CC(=O)O)Cc3ccc(OC(=O)c4ccc(NC5CCCCC5)cc4)cc3)cc2)cc1. The molecule has 8 N–H and O–H groups in total. The lowest BCUT2D eigenvalue weighted by Crippen LogP contribution is -2.35. The fraction of sp³-hybridized carbons (Fsp3) is 0.216. The van der Waals surface area contributed by atoms with E-state index in [-0.39, 0.29) is 79.1 Å². The van der Waals surface area contributed by atoms with Crippen molar-refractivity contribution in [3.63, 3.8) is 0 Å². The summed E-state index contributed by atoms with van der Waals surface area (Å²) in [5.74, 6) is -4.14. The van der Waals surface area contributed by atoms with Crippen LogP contribution in [0.15, 0.2) is 315 Å². The van der Waals surface area contributed by atoms with Gasteiger partial charge in [0.15, 0.2) is 0 Å². The van der Waals surface area contributed by atoms with Crippen molar-refractivity contribution in [2.75, 3.05) is 74.1 Å². The number of amides is 6. The standard InChI is InChI=1S/C39H31N3O7.C39H43N3O7.C38H39N3O7/c1-48-34-18-4-26(5-19-34)22-36(43)41-33-16-14-31(15-17-33)38(46)42(25-37(44)45)24-28-6-20-35(21-7-28)49-39(47)32-12-10-30(11-13-32)29-8-2-27(23-40)3-9-29;1-3-4-5-6-7-24-40-32-16-14-31(15-17-32)39(47)49-35-22-10-29(11-23-35)26-42(27-37(44)45)38(46)30-12-18-33(19-13-30)41-36(43)25-28-8-20-34(48-2)21-9-28;1-47-33-19-7-26(8-20-33)23-35(42)40-32-15-11-28(12-16-32)37(45)41(25-36(43)44)24-27-9-21-34(22-10-27)48-38(46)29-13-17-31(18-14-29)39-30-5-3-2-4-6-30/h2-21H,22,24-25H2,1H3,(H,41,43)(H,44,45);8-23,40H,3-7,24-27H2,1-2H3,(H,41,43)(H,44,45);7-22,30,39H,2-6,23-25H2,1H3,(H,40,42)(H,43,44). The smallest absolute Gasteiger partial charge is 0.343 e. The third kappa shape index (κ3) is 34.2. The average molecular weight is 1970 g/mol. The molecule has 1 aliphatic rings. The maximum Gasteiger partial charge on any atom is 0.343 e. The van der Waals surface area contributed by atoms with Crippen LogP contribution in [-0.4, -0.2) is 155 Å². The zero-order chi connectivity index (χ0) is 104. The number of nitrogens with one attached hydrogen (secondary N) is 5. The van der Waals surface area contributed by atoms with Gasteiger partial charge in [-0.15, -0.1) is 0 Å². The van der Waals surface area contributed by atoms with Crippen LogP contribution < -0.4 is 55.0 Å². The van der Waals surface area contributed by atoms with Crippen LogP contribution in [0.5, 0.6) is 34.5 Å². The second-order valence-corrected chi connectivity index (χ2v) is 34.5. The van der Waals surface area contributed by atoms with Gasteiger partial charge in [0, 0.05) is 77.3 Å². The Labute approximate surface area is 845 Å². The molecule has 1 saturated carbocycles. The van der Waals surface area contributed by atoms with Gasteiger partial charge in [0.25, 0.3) is 17.7 Å². The Hall–Kier alpha value is -18.0. The molecule has 30 heteroatoms. The van der Waals surface area contributed by atoms with Gasteiger partial charge in [-0.25, -0.2) is 14.4 Å². The molecule has 30 nitrogen and oxygen atoms in total. The molecule has 14 rings (SSSR count). The largest absolute Gasteiger partial charge is 0.497 e. The average Bonchev–Trinajstić information content (AvgIpc) is 0.840. The Morgan fingerprint density at radius 2 is 0.589 bits per heavy atom. The van der Waals surface area contributed by atoms with Gasteiger partial charge in [-0.3, -0.25) is 43.2 Å². The number of ether oxygens (including phenoxy) is 6. The van der Waals surface area contributed by atoms with Crippen molar-refractivity contribution in [2.45, 2.75) is 116 Å². The first-order valence-electron chi connectivity index (χ1n) is 47.6. The minimum atomic E-state index is -1.17. The molecule has 0 aliphatic heterocycles. The van der Waals surface area contributed by atoms with E-state index in [4.69, 9.17) is 33.7 Å². The van der Waals surface area contributed by atoms with Crippen LogP contribution in [0.3, 0.4) is 0 Å². The summed E-state index contributed by atoms with van der Waals surface area (Å²) in [6, 6.07) is 90.9. The first-order valence-corrected chi connectivity index (χ1v) is 47.6. The van der Waals surface area contributed by atoms with E-state index < -0.39 is 73.2 Å². The van der Waals surface area contributed by atoms with Crippen molar-refractivity contribution >= 4 is 99.7 Å². The number of rotatable bonds is 43. The minimum absolute atomic E-state index is 0.00346. The molecule has 6 amide bonds. The zero-order valence-corrected chi connectivity index (χ0v) is 81.2. The summed E-state index contributed by atoms with van der Waals surface area (Å²) < 4.78 is 32.0. The highest BCUT2D eigenvalue weighted by atomic mass is 16.5. The number of anilines is 5. The number of nitrogens with zero attached hydrogens (tertiary/aromatic N) is 4. The fourth-order valence-electron chi connectivity index (χ4n) is 15.7. The predicted octanol–water partition coefficient (Wildman–Crippen LogP) is 20.1. The van der Waals surface area contributed by atoms with Gasteiger partial charge in [0.05, 0.1) is 68.9 Å². The normalized spacial score (nSPS) is 11.3. The number of carboxylic acid groups (broad SMARTS) is 3. The molecule has 0 unspecified atom stereocenters. The number of aliphatic carboxylic acids is 3. The van der Waals surface area contributed by atoms with Gasteiger partial charge in [-0.2, -0.15) is 5.26 Å². The monoisotopic (exact) mass is 1970 g/mol. The number of methoxy groups -OCH3 is 3. The third-order valence-corrected chi connectivity index (χ3v) is 23.5. The highest BCUT2D eigenvalue weighted by Gasteiger charge is 2.26. The quantitative estimate of drug-likeness (QED) is 0.00999. The second kappa shape index (κ2) is 54.7. The molecule has 13 aromatic rings. The fourth-order valence-corrected chi connectivity index (χ4v) is 15.7. The van der Waals surface area contributed by atoms with Gasteiger partial charge in [0.2, 0.25) is 17.7 Å². The Bertz CT molecular complexity index is 6630. The van der Waals surface area contributed by atoms with E-state index in [1.54, 1.807) is 264 Å². The molecule has 0 aromatic heterocycles. The van der Waals surface area contributed by atoms with Crippen LogP contribution >= 0.6 is 0 Å². The molecule has 1 fully saturated rings. The topological polar surface area (TPSA) is 415 Å². The number of hydrogen-bond acceptors (Lipinski definition) is 21. The Morgan fingerprint density at radius 3 is 0.890 bits per heavy atom. The summed E-state index contributed by atoms with van der Waals surface area (Å²) in [7, 11) is 4.72. The summed E-state index contributed by atoms with van der Waals surface area (Å²) in [6.07, 6.45) is 12.6. The van der Waals surface area contributed by atoms with Crippen LogP contribution in [0, 0.1) is 11.3 Å². The molecule has 1 aliphatic carbocycles. The van der Waals surface area contributed by atoms with Gasteiger partial charge in [0.1, 0.15) is 54.1 Å². The molecule has 13 aromatic carbocycles. The van der Waals surface area contributed by atoms with E-state index in [2.05, 4.69) is 39.6 Å². The van der Waals surface area contributed by atoms with E-state index in [0.717, 1.165) is 65.0 Å². The summed E-state index contributed by atoms with van der Waals surface area (Å²) >= 11 is 0. The number of esters is 3. The zero-order valence-electron chi connectivity index (χ0n) is 81.2. The van der Waals surface area contributed by atoms with Crippen LogP contribution in [0.4, 0.5) is 28.4 Å². The molecule has 748 valence electrons. The van der Waals surface area contributed by atoms with Crippen LogP contribution in [0.2, 0.25) is 0 Å². The summed E-state index contributed by atoms with van der Waals surface area (Å²) in [6.45, 7) is 1.56. The van der Waals surface area contributed by atoms with E-state index in [1.165, 1.54) is 71.8 Å².